The molecule has 2 N–H and O–H groups in total. The highest BCUT2D eigenvalue weighted by Crippen LogP contribution is 2.22. The van der Waals surface area contributed by atoms with Crippen molar-refractivity contribution >= 4 is 17.0 Å². The Kier molecular flexibility index (Phi) is 4.71. The van der Waals surface area contributed by atoms with Gasteiger partial charge in [0.25, 0.3) is 5.69 Å². The smallest absolute Gasteiger partial charge is 0.273 e. The molecular formula is C14H12N2O3S. The number of hydrogen-bond acceptors (Lipinski definition) is 5. The Morgan fingerprint density at radius 3 is 3.00 bits per heavy atom. The fourth-order valence-electron chi connectivity index (χ4n) is 1.55. The number of nitrogens with zero attached hydrogens (tertiary/aromatic N) is 1. The standard InChI is InChI=1S/C14H12N2O3S/c15-7-2-3-11-6-8-20-14(11)10-19-13-5-1-4-12(9-13)16(17)18/h1,4-6,8-9H,7,10,15H2. The summed E-state index contributed by atoms with van der Waals surface area (Å²) in [6.07, 6.45) is 0. The van der Waals surface area contributed by atoms with Crippen LogP contribution in [0.5, 0.6) is 5.75 Å². The lowest BCUT2D eigenvalue weighted by Gasteiger charge is -2.04. The molecule has 2 rings (SSSR count). The third-order valence-corrected chi connectivity index (χ3v) is 3.36. The summed E-state index contributed by atoms with van der Waals surface area (Å²) >= 11 is 1.53. The zero-order valence-electron chi connectivity index (χ0n) is 10.5. The number of ether oxygens (including phenoxy) is 1. The maximum atomic E-state index is 10.7. The molecule has 0 aliphatic carbocycles. The van der Waals surface area contributed by atoms with Gasteiger partial charge < -0.3 is 10.5 Å². The molecule has 0 atom stereocenters. The lowest BCUT2D eigenvalue weighted by molar-refractivity contribution is -0.384. The van der Waals surface area contributed by atoms with Gasteiger partial charge in [0.05, 0.1) is 22.4 Å². The van der Waals surface area contributed by atoms with Crippen molar-refractivity contribution in [2.45, 2.75) is 6.61 Å². The average Bonchev–Trinajstić information content (AvgIpc) is 2.90. The minimum atomic E-state index is -0.448. The van der Waals surface area contributed by atoms with Crippen LogP contribution in [-0.2, 0) is 6.61 Å². The number of nitro groups is 1. The monoisotopic (exact) mass is 288 g/mol. The fourth-order valence-corrected chi connectivity index (χ4v) is 2.29. The van der Waals surface area contributed by atoms with Crippen molar-refractivity contribution in [1.29, 1.82) is 0 Å². The summed E-state index contributed by atoms with van der Waals surface area (Å²) in [5.74, 6) is 6.22. The number of nitro benzene ring substituents is 1. The van der Waals surface area contributed by atoms with Gasteiger partial charge in [-0.1, -0.05) is 17.9 Å². The molecule has 1 heterocycles. The number of thiophene rings is 1. The summed E-state index contributed by atoms with van der Waals surface area (Å²) in [5.41, 5.74) is 6.23. The Hall–Kier alpha value is -2.36. The number of nitrogens with two attached hydrogens (primary N) is 1. The van der Waals surface area contributed by atoms with E-state index >= 15 is 0 Å². The third-order valence-electron chi connectivity index (χ3n) is 2.47. The van der Waals surface area contributed by atoms with Crippen LogP contribution in [0, 0.1) is 22.0 Å². The molecule has 5 nitrogen and oxygen atoms in total. The molecule has 0 aliphatic heterocycles. The second-order valence-corrected chi connectivity index (χ2v) is 4.81. The predicted molar refractivity (Wildman–Crippen MR) is 77.7 cm³/mol. The highest BCUT2D eigenvalue weighted by Gasteiger charge is 2.08. The van der Waals surface area contributed by atoms with Gasteiger partial charge in [0.2, 0.25) is 0 Å². The fraction of sp³-hybridized carbons (Fsp3) is 0.143. The van der Waals surface area contributed by atoms with E-state index in [9.17, 15) is 10.1 Å². The highest BCUT2D eigenvalue weighted by molar-refractivity contribution is 7.10. The Bertz CT molecular complexity index is 670. The number of rotatable bonds is 4. The van der Waals surface area contributed by atoms with Crippen molar-refractivity contribution < 1.29 is 9.66 Å². The average molecular weight is 288 g/mol. The predicted octanol–water partition coefficient (Wildman–Crippen LogP) is 2.55. The summed E-state index contributed by atoms with van der Waals surface area (Å²) in [5, 5.41) is 12.6. The molecule has 102 valence electrons. The minimum Gasteiger partial charge on any atom is -0.488 e. The number of non-ortho nitro benzene ring substituents is 1. The van der Waals surface area contributed by atoms with Crippen LogP contribution in [0.15, 0.2) is 35.7 Å². The Morgan fingerprint density at radius 2 is 2.25 bits per heavy atom. The minimum absolute atomic E-state index is 0.0110. The van der Waals surface area contributed by atoms with Crippen molar-refractivity contribution in [3.05, 3.63) is 56.3 Å². The molecule has 0 amide bonds. The van der Waals surface area contributed by atoms with Gasteiger partial charge in [-0.2, -0.15) is 0 Å². The molecule has 20 heavy (non-hydrogen) atoms. The second-order valence-electron chi connectivity index (χ2n) is 3.81. The van der Waals surface area contributed by atoms with Gasteiger partial charge in [0.15, 0.2) is 0 Å². The largest absolute Gasteiger partial charge is 0.488 e. The van der Waals surface area contributed by atoms with E-state index in [-0.39, 0.29) is 5.69 Å². The van der Waals surface area contributed by atoms with E-state index in [1.165, 1.54) is 23.5 Å². The maximum Gasteiger partial charge on any atom is 0.273 e. The van der Waals surface area contributed by atoms with Crippen molar-refractivity contribution in [2.24, 2.45) is 5.73 Å². The van der Waals surface area contributed by atoms with Crippen LogP contribution in [0.2, 0.25) is 0 Å². The van der Waals surface area contributed by atoms with Gasteiger partial charge in [0, 0.05) is 11.6 Å². The van der Waals surface area contributed by atoms with Crippen LogP contribution in [0.25, 0.3) is 0 Å². The van der Waals surface area contributed by atoms with E-state index in [4.69, 9.17) is 10.5 Å². The maximum absolute atomic E-state index is 10.7. The molecule has 6 heteroatoms. The first-order valence-corrected chi connectivity index (χ1v) is 6.71. The van der Waals surface area contributed by atoms with E-state index in [1.807, 2.05) is 11.4 Å². The zero-order valence-corrected chi connectivity index (χ0v) is 11.4. The lowest BCUT2D eigenvalue weighted by atomic mass is 10.2. The van der Waals surface area contributed by atoms with Crippen molar-refractivity contribution in [3.63, 3.8) is 0 Å². The Balaban J connectivity index is 2.07. The highest BCUT2D eigenvalue weighted by atomic mass is 32.1. The van der Waals surface area contributed by atoms with Gasteiger partial charge in [0.1, 0.15) is 12.4 Å². The first-order chi connectivity index (χ1) is 9.70. The van der Waals surface area contributed by atoms with E-state index in [0.717, 1.165) is 10.4 Å². The summed E-state index contributed by atoms with van der Waals surface area (Å²) in [6.45, 7) is 0.633. The van der Waals surface area contributed by atoms with Crippen molar-refractivity contribution in [2.75, 3.05) is 6.54 Å². The summed E-state index contributed by atoms with van der Waals surface area (Å²) in [7, 11) is 0. The van der Waals surface area contributed by atoms with Crippen LogP contribution in [0.4, 0.5) is 5.69 Å². The van der Waals surface area contributed by atoms with E-state index in [0.29, 0.717) is 18.9 Å². The number of hydrogen-bond donors (Lipinski definition) is 1. The van der Waals surface area contributed by atoms with Crippen molar-refractivity contribution in [3.8, 4) is 17.6 Å². The SMILES string of the molecule is NCC#Cc1ccsc1COc1cccc([N+](=O)[O-])c1. The van der Waals surface area contributed by atoms with Gasteiger partial charge >= 0.3 is 0 Å². The van der Waals surface area contributed by atoms with Crippen LogP contribution >= 0.6 is 11.3 Å². The zero-order chi connectivity index (χ0) is 14.4. The molecule has 0 fully saturated rings. The van der Waals surface area contributed by atoms with E-state index in [1.54, 1.807) is 12.1 Å². The summed E-state index contributed by atoms with van der Waals surface area (Å²) < 4.78 is 5.57. The molecule has 0 unspecified atom stereocenters. The van der Waals surface area contributed by atoms with E-state index < -0.39 is 4.92 Å². The summed E-state index contributed by atoms with van der Waals surface area (Å²) in [6, 6.07) is 8.01. The van der Waals surface area contributed by atoms with Crippen LogP contribution in [-0.4, -0.2) is 11.5 Å². The molecule has 0 aliphatic rings. The molecule has 1 aromatic carbocycles. The first kappa shape index (κ1) is 14.1. The summed E-state index contributed by atoms with van der Waals surface area (Å²) in [4.78, 5) is 11.2. The first-order valence-electron chi connectivity index (χ1n) is 5.83. The topological polar surface area (TPSA) is 78.4 Å². The molecule has 0 spiro atoms. The van der Waals surface area contributed by atoms with Crippen LogP contribution in [0.1, 0.15) is 10.4 Å². The third kappa shape index (κ3) is 3.57. The molecule has 1 aromatic heterocycles. The van der Waals surface area contributed by atoms with Gasteiger partial charge in [-0.25, -0.2) is 0 Å². The molecule has 0 bridgehead atoms. The Morgan fingerprint density at radius 1 is 1.40 bits per heavy atom. The van der Waals surface area contributed by atoms with Gasteiger partial charge in [-0.05, 0) is 17.5 Å². The second kappa shape index (κ2) is 6.70. The Labute approximate surface area is 120 Å². The molecule has 2 aromatic rings. The quantitative estimate of drug-likeness (QED) is 0.533. The molecule has 0 saturated carbocycles. The lowest BCUT2D eigenvalue weighted by Crippen LogP contribution is -1.97. The van der Waals surface area contributed by atoms with Crippen molar-refractivity contribution in [1.82, 2.24) is 0 Å². The van der Waals surface area contributed by atoms with E-state index in [2.05, 4.69) is 11.8 Å². The van der Waals surface area contributed by atoms with Gasteiger partial charge in [-0.3, -0.25) is 10.1 Å². The molecule has 0 saturated heterocycles. The normalized spacial score (nSPS) is 9.65. The van der Waals surface area contributed by atoms with Gasteiger partial charge in [-0.15, -0.1) is 11.3 Å². The number of benzene rings is 1. The van der Waals surface area contributed by atoms with Crippen LogP contribution in [0.3, 0.4) is 0 Å². The molecular weight excluding hydrogens is 276 g/mol. The van der Waals surface area contributed by atoms with Crippen LogP contribution < -0.4 is 10.5 Å². The molecule has 0 radical (unpaired) electrons.